The van der Waals surface area contributed by atoms with Gasteiger partial charge >= 0.3 is 12.1 Å². The summed E-state index contributed by atoms with van der Waals surface area (Å²) in [5.74, 6) is -1.82. The van der Waals surface area contributed by atoms with Crippen molar-refractivity contribution in [2.45, 2.75) is 37.2 Å². The lowest BCUT2D eigenvalue weighted by Crippen LogP contribution is -2.41. The van der Waals surface area contributed by atoms with Gasteiger partial charge in [-0.05, 0) is 37.3 Å². The predicted octanol–water partition coefficient (Wildman–Crippen LogP) is 3.31. The van der Waals surface area contributed by atoms with Crippen molar-refractivity contribution in [3.8, 4) is 0 Å². The molecule has 1 atom stereocenters. The van der Waals surface area contributed by atoms with E-state index in [0.29, 0.717) is 18.4 Å². The molecule has 1 aliphatic heterocycles. The number of carbonyl (C=O) groups excluding carboxylic acids is 1. The fourth-order valence-corrected chi connectivity index (χ4v) is 2.72. The van der Waals surface area contributed by atoms with E-state index in [-0.39, 0.29) is 25.3 Å². The van der Waals surface area contributed by atoms with Crippen LogP contribution in [0.3, 0.4) is 0 Å². The fraction of sp³-hybridized carbons (Fsp3) is 0.615. The first-order valence-electron chi connectivity index (χ1n) is 6.30. The number of allylic oxidation sites excluding steroid dienone is 2. The standard InChI is InChI=1S/C13H15ClF3NO2/c1-12(14)5-2-8-3-6-18(11(20)13(15,16)17)7-4-9(8)10(12)19/h2,19H,3-7H2,1H3. The molecular weight excluding hydrogens is 295 g/mol. The molecule has 1 fully saturated rings. The molecule has 3 nitrogen and oxygen atoms in total. The predicted molar refractivity (Wildman–Crippen MR) is 68.5 cm³/mol. The quantitative estimate of drug-likeness (QED) is 0.697. The zero-order valence-corrected chi connectivity index (χ0v) is 11.7. The van der Waals surface area contributed by atoms with Crippen LogP contribution in [0.4, 0.5) is 13.2 Å². The highest BCUT2D eigenvalue weighted by atomic mass is 35.5. The van der Waals surface area contributed by atoms with Crippen LogP contribution in [0.1, 0.15) is 26.2 Å². The highest BCUT2D eigenvalue weighted by Crippen LogP contribution is 2.40. The number of nitrogens with zero attached hydrogens (tertiary/aromatic N) is 1. The van der Waals surface area contributed by atoms with Crippen LogP contribution in [0.15, 0.2) is 23.0 Å². The lowest BCUT2D eigenvalue weighted by molar-refractivity contribution is -0.185. The number of aliphatic hydroxyl groups excluding tert-OH is 1. The summed E-state index contributed by atoms with van der Waals surface area (Å²) in [6.07, 6.45) is -2.12. The Morgan fingerprint density at radius 2 is 2.00 bits per heavy atom. The zero-order valence-electron chi connectivity index (χ0n) is 10.9. The van der Waals surface area contributed by atoms with Crippen LogP contribution in [0, 0.1) is 0 Å². The lowest BCUT2D eigenvalue weighted by atomic mass is 9.86. The van der Waals surface area contributed by atoms with Gasteiger partial charge in [0.05, 0.1) is 0 Å². The highest BCUT2D eigenvalue weighted by molar-refractivity contribution is 6.25. The Kier molecular flexibility index (Phi) is 3.79. The first kappa shape index (κ1) is 15.2. The molecule has 20 heavy (non-hydrogen) atoms. The number of halogens is 4. The number of amides is 1. The molecule has 7 heteroatoms. The van der Waals surface area contributed by atoms with Crippen LogP contribution >= 0.6 is 11.6 Å². The number of aliphatic hydroxyl groups is 1. The third-order valence-corrected chi connectivity index (χ3v) is 4.04. The van der Waals surface area contributed by atoms with Gasteiger partial charge in [-0.3, -0.25) is 4.79 Å². The smallest absolute Gasteiger partial charge is 0.471 e. The number of fused-ring (bicyclic) bond motifs is 1. The van der Waals surface area contributed by atoms with E-state index in [9.17, 15) is 23.1 Å². The topological polar surface area (TPSA) is 40.5 Å². The van der Waals surface area contributed by atoms with E-state index >= 15 is 0 Å². The molecule has 1 heterocycles. The van der Waals surface area contributed by atoms with Crippen molar-refractivity contribution in [1.82, 2.24) is 4.90 Å². The first-order chi connectivity index (χ1) is 9.13. The molecule has 2 aliphatic rings. The second kappa shape index (κ2) is 4.98. The van der Waals surface area contributed by atoms with Crippen LogP contribution in [0.2, 0.25) is 0 Å². The number of rotatable bonds is 0. The van der Waals surface area contributed by atoms with Crippen LogP contribution in [0.5, 0.6) is 0 Å². The van der Waals surface area contributed by atoms with Crippen molar-refractivity contribution in [2.24, 2.45) is 0 Å². The molecule has 1 amide bonds. The average Bonchev–Trinajstić information content (AvgIpc) is 2.55. The van der Waals surface area contributed by atoms with Gasteiger partial charge in [-0.25, -0.2) is 0 Å². The highest BCUT2D eigenvalue weighted by Gasteiger charge is 2.43. The van der Waals surface area contributed by atoms with E-state index in [0.717, 1.165) is 10.5 Å². The molecule has 1 saturated heterocycles. The van der Waals surface area contributed by atoms with Gasteiger partial charge in [-0.15, -0.1) is 11.6 Å². The van der Waals surface area contributed by atoms with E-state index < -0.39 is 17.0 Å². The summed E-state index contributed by atoms with van der Waals surface area (Å²) >= 11 is 6.15. The molecule has 112 valence electrons. The number of alkyl halides is 4. The summed E-state index contributed by atoms with van der Waals surface area (Å²) in [4.78, 5) is 11.1. The molecule has 1 unspecified atom stereocenters. The number of likely N-dealkylation sites (tertiary alicyclic amines) is 1. The second-order valence-electron chi connectivity index (χ2n) is 5.25. The third-order valence-electron chi connectivity index (χ3n) is 3.71. The van der Waals surface area contributed by atoms with Gasteiger partial charge in [-0.1, -0.05) is 6.08 Å². The van der Waals surface area contributed by atoms with Crippen LogP contribution in [-0.4, -0.2) is 40.1 Å². The third kappa shape index (κ3) is 2.80. The van der Waals surface area contributed by atoms with Crippen LogP contribution in [-0.2, 0) is 4.79 Å². The molecule has 0 radical (unpaired) electrons. The summed E-state index contributed by atoms with van der Waals surface area (Å²) in [6.45, 7) is 1.59. The summed E-state index contributed by atoms with van der Waals surface area (Å²) < 4.78 is 37.3. The maximum absolute atomic E-state index is 12.4. The van der Waals surface area contributed by atoms with E-state index in [1.54, 1.807) is 6.92 Å². The minimum Gasteiger partial charge on any atom is -0.510 e. The average molecular weight is 310 g/mol. The van der Waals surface area contributed by atoms with Gasteiger partial charge < -0.3 is 10.0 Å². The van der Waals surface area contributed by atoms with Gasteiger partial charge in [0, 0.05) is 13.1 Å². The molecule has 0 aromatic carbocycles. The molecule has 0 spiro atoms. The van der Waals surface area contributed by atoms with Crippen LogP contribution < -0.4 is 0 Å². The first-order valence-corrected chi connectivity index (χ1v) is 6.68. The zero-order chi connectivity index (χ0) is 15.1. The number of carbonyl (C=O) groups is 1. The summed E-state index contributed by atoms with van der Waals surface area (Å²) in [5.41, 5.74) is 1.37. The Morgan fingerprint density at radius 3 is 2.60 bits per heavy atom. The fourth-order valence-electron chi connectivity index (χ4n) is 2.53. The van der Waals surface area contributed by atoms with Crippen molar-refractivity contribution in [1.29, 1.82) is 0 Å². The Balaban J connectivity index is 2.22. The van der Waals surface area contributed by atoms with E-state index in [4.69, 9.17) is 11.6 Å². The summed E-state index contributed by atoms with van der Waals surface area (Å²) in [7, 11) is 0. The number of hydrogen-bond acceptors (Lipinski definition) is 2. The largest absolute Gasteiger partial charge is 0.510 e. The van der Waals surface area contributed by atoms with Gasteiger partial charge in [0.1, 0.15) is 10.6 Å². The molecule has 0 aromatic heterocycles. The Morgan fingerprint density at radius 1 is 1.40 bits per heavy atom. The molecule has 1 N–H and O–H groups in total. The molecule has 0 saturated carbocycles. The molecular formula is C13H15ClF3NO2. The Labute approximate surface area is 119 Å². The number of hydrogen-bond donors (Lipinski definition) is 1. The van der Waals surface area contributed by atoms with Gasteiger partial charge in [0.25, 0.3) is 0 Å². The van der Waals surface area contributed by atoms with Crippen molar-refractivity contribution in [3.05, 3.63) is 23.0 Å². The van der Waals surface area contributed by atoms with Crippen molar-refractivity contribution < 1.29 is 23.1 Å². The molecule has 0 aromatic rings. The lowest BCUT2D eigenvalue weighted by Gasteiger charge is -2.28. The summed E-state index contributed by atoms with van der Waals surface area (Å²) in [5, 5.41) is 10.1. The molecule has 0 bridgehead atoms. The minimum absolute atomic E-state index is 0.0000430. The maximum atomic E-state index is 12.4. The van der Waals surface area contributed by atoms with Gasteiger partial charge in [0.2, 0.25) is 0 Å². The van der Waals surface area contributed by atoms with Crippen molar-refractivity contribution in [3.63, 3.8) is 0 Å². The van der Waals surface area contributed by atoms with E-state index in [2.05, 4.69) is 0 Å². The normalized spacial score (nSPS) is 27.9. The van der Waals surface area contributed by atoms with E-state index in [1.165, 1.54) is 0 Å². The second-order valence-corrected chi connectivity index (χ2v) is 6.08. The van der Waals surface area contributed by atoms with Gasteiger partial charge in [-0.2, -0.15) is 13.2 Å². The maximum Gasteiger partial charge on any atom is 0.471 e. The molecule has 2 rings (SSSR count). The summed E-state index contributed by atoms with van der Waals surface area (Å²) in [6, 6.07) is 0. The molecule has 1 aliphatic carbocycles. The Bertz CT molecular complexity index is 494. The van der Waals surface area contributed by atoms with Crippen molar-refractivity contribution >= 4 is 17.5 Å². The van der Waals surface area contributed by atoms with E-state index in [1.807, 2.05) is 6.08 Å². The monoisotopic (exact) mass is 309 g/mol. The van der Waals surface area contributed by atoms with Crippen LogP contribution in [0.25, 0.3) is 0 Å². The minimum atomic E-state index is -4.86. The van der Waals surface area contributed by atoms with Gasteiger partial charge in [0.15, 0.2) is 0 Å². The SMILES string of the molecule is CC1(Cl)CC=C2CCN(C(=O)C(F)(F)F)CCC2=C1O. The van der Waals surface area contributed by atoms with Crippen molar-refractivity contribution in [2.75, 3.05) is 13.1 Å². The Hall–Kier alpha value is -1.17.